The van der Waals surface area contributed by atoms with Gasteiger partial charge >= 0.3 is 21.1 Å². The van der Waals surface area contributed by atoms with Crippen molar-refractivity contribution in [1.29, 1.82) is 0 Å². The van der Waals surface area contributed by atoms with Crippen molar-refractivity contribution >= 4 is 0 Å². The first-order chi connectivity index (χ1) is 4.31. The van der Waals surface area contributed by atoms with Crippen LogP contribution in [0.15, 0.2) is 0 Å². The van der Waals surface area contributed by atoms with Crippen LogP contribution in [-0.4, -0.2) is 25.0 Å². The van der Waals surface area contributed by atoms with Crippen LogP contribution in [0.2, 0.25) is 0 Å². The van der Waals surface area contributed by atoms with Crippen molar-refractivity contribution in [3.63, 3.8) is 0 Å². The Morgan fingerprint density at radius 1 is 1.60 bits per heavy atom. The third-order valence-corrected chi connectivity index (χ3v) is 1.16. The van der Waals surface area contributed by atoms with Gasteiger partial charge in [-0.05, 0) is 13.6 Å². The molecule has 60 valence electrons. The summed E-state index contributed by atoms with van der Waals surface area (Å²) in [5.74, 6) is 0. The summed E-state index contributed by atoms with van der Waals surface area (Å²) >= 11 is 0. The smallest absolute Gasteiger partial charge is 0.344 e. The molecular formula is C8H17NW. The predicted molar refractivity (Wildman–Crippen MR) is 42.1 cm³/mol. The second-order valence-corrected chi connectivity index (χ2v) is 2.34. The Labute approximate surface area is 79.4 Å². The van der Waals surface area contributed by atoms with E-state index in [0.29, 0.717) is 0 Å². The fraction of sp³-hybridized carbons (Fsp3) is 0.750. The first-order valence-corrected chi connectivity index (χ1v) is 3.60. The SMILES string of the molecule is CN1C[CH-]CC1.[CH2-]CC.[W+2]. The largest absolute Gasteiger partial charge is 2.00 e. The Morgan fingerprint density at radius 3 is 2.20 bits per heavy atom. The number of rotatable bonds is 0. The van der Waals surface area contributed by atoms with Crippen LogP contribution in [0, 0.1) is 13.3 Å². The molecule has 1 rings (SSSR count). The summed E-state index contributed by atoms with van der Waals surface area (Å²) in [5.41, 5.74) is 0. The van der Waals surface area contributed by atoms with E-state index < -0.39 is 0 Å². The van der Waals surface area contributed by atoms with Gasteiger partial charge in [0.05, 0.1) is 0 Å². The molecule has 0 atom stereocenters. The van der Waals surface area contributed by atoms with Crippen molar-refractivity contribution in [2.75, 3.05) is 20.1 Å². The van der Waals surface area contributed by atoms with Gasteiger partial charge in [0.2, 0.25) is 0 Å². The number of likely N-dealkylation sites (tertiary alicyclic amines) is 1. The Morgan fingerprint density at radius 2 is 2.10 bits per heavy atom. The van der Waals surface area contributed by atoms with Gasteiger partial charge in [-0.25, -0.2) is 0 Å². The summed E-state index contributed by atoms with van der Waals surface area (Å²) in [5, 5.41) is 0. The molecule has 1 aliphatic heterocycles. The molecule has 1 aliphatic rings. The van der Waals surface area contributed by atoms with Crippen molar-refractivity contribution in [3.8, 4) is 0 Å². The second-order valence-electron chi connectivity index (χ2n) is 2.34. The molecular weight excluding hydrogens is 294 g/mol. The zero-order valence-electron chi connectivity index (χ0n) is 6.97. The van der Waals surface area contributed by atoms with Crippen LogP contribution in [0.5, 0.6) is 0 Å². The van der Waals surface area contributed by atoms with Crippen LogP contribution in [-0.2, 0) is 21.1 Å². The van der Waals surface area contributed by atoms with E-state index in [0.717, 1.165) is 6.42 Å². The molecule has 2 heteroatoms. The molecule has 0 unspecified atom stereocenters. The van der Waals surface area contributed by atoms with Gasteiger partial charge < -0.3 is 18.2 Å². The average molecular weight is 311 g/mol. The maximum absolute atomic E-state index is 3.49. The Hall–Kier alpha value is 0.648. The van der Waals surface area contributed by atoms with E-state index in [1.807, 2.05) is 6.92 Å². The number of nitrogens with zero attached hydrogens (tertiary/aromatic N) is 1. The quantitative estimate of drug-likeness (QED) is 0.616. The molecule has 0 N–H and O–H groups in total. The Kier molecular flexibility index (Phi) is 12.8. The molecule has 1 saturated heterocycles. The van der Waals surface area contributed by atoms with Crippen molar-refractivity contribution in [2.24, 2.45) is 0 Å². The number of hydrogen-bond acceptors (Lipinski definition) is 1. The molecule has 0 amide bonds. The minimum absolute atomic E-state index is 0. The van der Waals surface area contributed by atoms with Crippen LogP contribution >= 0.6 is 0 Å². The standard InChI is InChI=1S/C5H10N.C3H7.W/c1-6-4-2-3-5-6;1-3-2;/h2H,3-5H2,1H3;1,3H2,2H3;/q2*-1;+2. The van der Waals surface area contributed by atoms with Gasteiger partial charge in [0.1, 0.15) is 0 Å². The molecule has 0 bridgehead atoms. The monoisotopic (exact) mass is 311 g/mol. The summed E-state index contributed by atoms with van der Waals surface area (Å²) in [7, 11) is 2.14. The van der Waals surface area contributed by atoms with Crippen LogP contribution < -0.4 is 0 Å². The summed E-state index contributed by atoms with van der Waals surface area (Å²) < 4.78 is 0. The summed E-state index contributed by atoms with van der Waals surface area (Å²) in [4.78, 5) is 2.31. The number of hydrogen-bond donors (Lipinski definition) is 0. The van der Waals surface area contributed by atoms with E-state index in [2.05, 4.69) is 25.3 Å². The molecule has 0 aliphatic carbocycles. The molecule has 0 aromatic heterocycles. The van der Waals surface area contributed by atoms with Crippen molar-refractivity contribution in [3.05, 3.63) is 13.3 Å². The first-order valence-electron chi connectivity index (χ1n) is 3.60. The third kappa shape index (κ3) is 8.65. The molecule has 1 heterocycles. The van der Waals surface area contributed by atoms with E-state index in [1.54, 1.807) is 0 Å². The van der Waals surface area contributed by atoms with E-state index in [-0.39, 0.29) is 21.1 Å². The van der Waals surface area contributed by atoms with E-state index in [9.17, 15) is 0 Å². The minimum atomic E-state index is 0. The van der Waals surface area contributed by atoms with E-state index in [4.69, 9.17) is 0 Å². The van der Waals surface area contributed by atoms with E-state index in [1.165, 1.54) is 19.5 Å². The van der Waals surface area contributed by atoms with Gasteiger partial charge in [-0.15, -0.1) is 6.54 Å². The third-order valence-electron chi connectivity index (χ3n) is 1.16. The molecule has 0 saturated carbocycles. The van der Waals surface area contributed by atoms with Crippen LogP contribution in [0.4, 0.5) is 0 Å². The molecule has 0 aromatic carbocycles. The summed E-state index contributed by atoms with van der Waals surface area (Å²) in [6, 6.07) is 0. The zero-order valence-corrected chi connectivity index (χ0v) is 9.90. The van der Waals surface area contributed by atoms with Gasteiger partial charge in [0.15, 0.2) is 0 Å². The van der Waals surface area contributed by atoms with Gasteiger partial charge in [-0.3, -0.25) is 0 Å². The first kappa shape index (κ1) is 13.3. The van der Waals surface area contributed by atoms with Gasteiger partial charge in [0, 0.05) is 0 Å². The molecule has 10 heavy (non-hydrogen) atoms. The predicted octanol–water partition coefficient (Wildman–Crippen LogP) is 1.75. The zero-order chi connectivity index (χ0) is 7.11. The maximum atomic E-state index is 3.49. The van der Waals surface area contributed by atoms with Crippen molar-refractivity contribution in [1.82, 2.24) is 4.90 Å². The van der Waals surface area contributed by atoms with Gasteiger partial charge in [-0.1, -0.05) is 6.92 Å². The van der Waals surface area contributed by atoms with Crippen LogP contribution in [0.25, 0.3) is 0 Å². The summed E-state index contributed by atoms with van der Waals surface area (Å²) in [6.45, 7) is 7.96. The van der Waals surface area contributed by atoms with Crippen LogP contribution in [0.1, 0.15) is 19.8 Å². The molecule has 0 spiro atoms. The van der Waals surface area contributed by atoms with Crippen molar-refractivity contribution in [2.45, 2.75) is 19.8 Å². The molecule has 0 radical (unpaired) electrons. The Bertz CT molecular complexity index is 51.2. The van der Waals surface area contributed by atoms with Gasteiger partial charge in [0.25, 0.3) is 0 Å². The minimum Gasteiger partial charge on any atom is -0.344 e. The topological polar surface area (TPSA) is 3.24 Å². The molecule has 1 fully saturated rings. The average Bonchev–Trinajstić information content (AvgIpc) is 2.20. The fourth-order valence-electron chi connectivity index (χ4n) is 0.715. The van der Waals surface area contributed by atoms with Crippen molar-refractivity contribution < 1.29 is 21.1 Å². The Balaban J connectivity index is 0. The van der Waals surface area contributed by atoms with Gasteiger partial charge in [-0.2, -0.15) is 12.8 Å². The van der Waals surface area contributed by atoms with E-state index >= 15 is 0 Å². The van der Waals surface area contributed by atoms with Crippen LogP contribution in [0.3, 0.4) is 0 Å². The molecule has 0 aromatic rings. The molecule has 1 nitrogen and oxygen atoms in total. The second kappa shape index (κ2) is 9.65. The summed E-state index contributed by atoms with van der Waals surface area (Å²) in [6.07, 6.45) is 4.59. The maximum Gasteiger partial charge on any atom is 2.00 e. The normalized spacial score (nSPS) is 17.1. The fourth-order valence-corrected chi connectivity index (χ4v) is 0.715.